The molecule has 0 saturated carbocycles. The Morgan fingerprint density at radius 2 is 1.84 bits per heavy atom. The van der Waals surface area contributed by atoms with Crippen LogP contribution < -0.4 is 15.6 Å². The fraction of sp³-hybridized carbons (Fsp3) is 0.389. The summed E-state index contributed by atoms with van der Waals surface area (Å²) in [5, 5.41) is 6.43. The molecule has 0 bridgehead atoms. The predicted molar refractivity (Wildman–Crippen MR) is 93.8 cm³/mol. The minimum atomic E-state index is -0.743. The van der Waals surface area contributed by atoms with E-state index in [9.17, 15) is 9.59 Å². The SMILES string of the molecule is C[C@H](Oc1ccc(C(C)(C)C)cc1)C(=O)NNC(=O)Cc1ccn[nH]1. The van der Waals surface area contributed by atoms with Crippen LogP contribution in [-0.4, -0.2) is 28.1 Å². The van der Waals surface area contributed by atoms with Gasteiger partial charge in [0.1, 0.15) is 5.75 Å². The van der Waals surface area contributed by atoms with Crippen LogP contribution in [0.5, 0.6) is 5.75 Å². The molecule has 0 saturated heterocycles. The molecule has 0 aliphatic rings. The summed E-state index contributed by atoms with van der Waals surface area (Å²) in [5.74, 6) is -0.184. The van der Waals surface area contributed by atoms with Gasteiger partial charge in [0, 0.05) is 11.9 Å². The van der Waals surface area contributed by atoms with Crippen molar-refractivity contribution in [3.8, 4) is 5.75 Å². The van der Waals surface area contributed by atoms with Crippen molar-refractivity contribution in [2.45, 2.75) is 45.6 Å². The highest BCUT2D eigenvalue weighted by Crippen LogP contribution is 2.24. The predicted octanol–water partition coefficient (Wildman–Crippen LogP) is 1.86. The topological polar surface area (TPSA) is 96.1 Å². The van der Waals surface area contributed by atoms with Crippen LogP contribution in [0.1, 0.15) is 39.0 Å². The lowest BCUT2D eigenvalue weighted by Crippen LogP contribution is -2.47. The molecule has 0 aliphatic heterocycles. The highest BCUT2D eigenvalue weighted by atomic mass is 16.5. The van der Waals surface area contributed by atoms with Gasteiger partial charge in [0.05, 0.1) is 6.42 Å². The Morgan fingerprint density at radius 3 is 2.40 bits per heavy atom. The molecular weight excluding hydrogens is 320 g/mol. The summed E-state index contributed by atoms with van der Waals surface area (Å²) >= 11 is 0. The van der Waals surface area contributed by atoms with Gasteiger partial charge in [-0.15, -0.1) is 0 Å². The van der Waals surface area contributed by atoms with Gasteiger partial charge in [-0.2, -0.15) is 5.10 Å². The number of benzene rings is 1. The lowest BCUT2D eigenvalue weighted by Gasteiger charge is -2.20. The number of rotatable bonds is 5. The average Bonchev–Trinajstić information content (AvgIpc) is 3.05. The lowest BCUT2D eigenvalue weighted by molar-refractivity contribution is -0.132. The second-order valence-electron chi connectivity index (χ2n) is 6.83. The zero-order valence-electron chi connectivity index (χ0n) is 14.9. The molecule has 2 aromatic rings. The van der Waals surface area contributed by atoms with E-state index < -0.39 is 12.0 Å². The third-order valence-electron chi connectivity index (χ3n) is 3.64. The number of aromatic amines is 1. The summed E-state index contributed by atoms with van der Waals surface area (Å²) in [6.45, 7) is 8.01. The van der Waals surface area contributed by atoms with E-state index in [-0.39, 0.29) is 17.7 Å². The quantitative estimate of drug-likeness (QED) is 0.722. The van der Waals surface area contributed by atoms with E-state index in [1.807, 2.05) is 24.3 Å². The van der Waals surface area contributed by atoms with Crippen LogP contribution in [0, 0.1) is 0 Å². The molecular formula is C18H24N4O3. The summed E-state index contributed by atoms with van der Waals surface area (Å²) in [5.41, 5.74) is 6.60. The van der Waals surface area contributed by atoms with Gasteiger partial charge in [-0.1, -0.05) is 32.9 Å². The Hall–Kier alpha value is -2.83. The Kier molecular flexibility index (Phi) is 5.80. The Bertz CT molecular complexity index is 703. The van der Waals surface area contributed by atoms with Crippen LogP contribution in [0.25, 0.3) is 0 Å². The van der Waals surface area contributed by atoms with E-state index in [1.165, 1.54) is 5.56 Å². The van der Waals surface area contributed by atoms with Gasteiger partial charge < -0.3 is 4.74 Å². The highest BCUT2D eigenvalue weighted by Gasteiger charge is 2.17. The van der Waals surface area contributed by atoms with Crippen LogP contribution in [0.4, 0.5) is 0 Å². The molecule has 7 heteroatoms. The van der Waals surface area contributed by atoms with E-state index in [4.69, 9.17) is 4.74 Å². The minimum Gasteiger partial charge on any atom is -0.481 e. The van der Waals surface area contributed by atoms with E-state index in [1.54, 1.807) is 19.2 Å². The van der Waals surface area contributed by atoms with Crippen LogP contribution in [0.3, 0.4) is 0 Å². The maximum Gasteiger partial charge on any atom is 0.279 e. The van der Waals surface area contributed by atoms with Crippen molar-refractivity contribution in [3.05, 3.63) is 47.8 Å². The maximum absolute atomic E-state index is 12.0. The third-order valence-corrected chi connectivity index (χ3v) is 3.64. The molecule has 1 atom stereocenters. The maximum atomic E-state index is 12.0. The van der Waals surface area contributed by atoms with Crippen molar-refractivity contribution in [3.63, 3.8) is 0 Å². The summed E-state index contributed by atoms with van der Waals surface area (Å²) < 4.78 is 5.60. The molecule has 7 nitrogen and oxygen atoms in total. The standard InChI is InChI=1S/C18H24N4O3/c1-12(25-15-7-5-13(6-8-15)18(2,3)4)17(24)22-21-16(23)11-14-9-10-19-20-14/h5-10,12H,11H2,1-4H3,(H,19,20)(H,21,23)(H,22,24)/t12-/m0/s1. The number of nitrogens with one attached hydrogen (secondary N) is 3. The Labute approximate surface area is 147 Å². The van der Waals surface area contributed by atoms with Crippen molar-refractivity contribution in [2.24, 2.45) is 0 Å². The number of amides is 2. The third kappa shape index (κ3) is 5.63. The minimum absolute atomic E-state index is 0.0560. The molecule has 25 heavy (non-hydrogen) atoms. The van der Waals surface area contributed by atoms with Gasteiger partial charge >= 0.3 is 0 Å². The zero-order valence-corrected chi connectivity index (χ0v) is 14.9. The van der Waals surface area contributed by atoms with E-state index >= 15 is 0 Å². The number of ether oxygens (including phenoxy) is 1. The second-order valence-corrected chi connectivity index (χ2v) is 6.83. The molecule has 1 heterocycles. The number of H-pyrrole nitrogens is 1. The van der Waals surface area contributed by atoms with Crippen LogP contribution >= 0.6 is 0 Å². The number of hydrazine groups is 1. The molecule has 2 rings (SSSR count). The molecule has 2 amide bonds. The van der Waals surface area contributed by atoms with Gasteiger partial charge in [0.25, 0.3) is 5.91 Å². The van der Waals surface area contributed by atoms with Crippen LogP contribution in [0.2, 0.25) is 0 Å². The smallest absolute Gasteiger partial charge is 0.279 e. The lowest BCUT2D eigenvalue weighted by atomic mass is 9.87. The number of nitrogens with zero attached hydrogens (tertiary/aromatic N) is 1. The summed E-state index contributed by atoms with van der Waals surface area (Å²) in [4.78, 5) is 23.7. The highest BCUT2D eigenvalue weighted by molar-refractivity contribution is 5.85. The number of hydrogen-bond acceptors (Lipinski definition) is 4. The summed E-state index contributed by atoms with van der Waals surface area (Å²) in [6, 6.07) is 9.31. The number of carbonyl (C=O) groups is 2. The van der Waals surface area contributed by atoms with Gasteiger partial charge in [-0.25, -0.2) is 0 Å². The number of carbonyl (C=O) groups excluding carboxylic acids is 2. The number of hydrogen-bond donors (Lipinski definition) is 3. The largest absolute Gasteiger partial charge is 0.481 e. The monoisotopic (exact) mass is 344 g/mol. The first-order chi connectivity index (χ1) is 11.8. The van der Waals surface area contributed by atoms with Gasteiger partial charge in [0.2, 0.25) is 5.91 Å². The van der Waals surface area contributed by atoms with Gasteiger partial charge in [-0.05, 0) is 36.1 Å². The van der Waals surface area contributed by atoms with Gasteiger partial charge in [-0.3, -0.25) is 25.5 Å². The number of aromatic nitrogens is 2. The molecule has 3 N–H and O–H groups in total. The molecule has 1 aromatic heterocycles. The van der Waals surface area contributed by atoms with Crippen molar-refractivity contribution in [1.82, 2.24) is 21.0 Å². The van der Waals surface area contributed by atoms with Crippen LogP contribution in [-0.2, 0) is 21.4 Å². The normalized spacial score (nSPS) is 12.3. The molecule has 0 aliphatic carbocycles. The summed E-state index contributed by atoms with van der Waals surface area (Å²) in [6.07, 6.45) is 0.916. The van der Waals surface area contributed by atoms with Gasteiger partial charge in [0.15, 0.2) is 6.10 Å². The molecule has 1 aromatic carbocycles. The molecule has 0 radical (unpaired) electrons. The Balaban J connectivity index is 1.80. The van der Waals surface area contributed by atoms with E-state index in [0.717, 1.165) is 0 Å². The average molecular weight is 344 g/mol. The van der Waals surface area contributed by atoms with Crippen LogP contribution in [0.15, 0.2) is 36.5 Å². The van der Waals surface area contributed by atoms with Crippen molar-refractivity contribution in [2.75, 3.05) is 0 Å². The molecule has 0 unspecified atom stereocenters. The first-order valence-corrected chi connectivity index (χ1v) is 8.10. The fourth-order valence-corrected chi connectivity index (χ4v) is 2.12. The van der Waals surface area contributed by atoms with E-state index in [2.05, 4.69) is 41.8 Å². The Morgan fingerprint density at radius 1 is 1.16 bits per heavy atom. The fourth-order valence-electron chi connectivity index (χ4n) is 2.12. The summed E-state index contributed by atoms with van der Waals surface area (Å²) in [7, 11) is 0. The zero-order chi connectivity index (χ0) is 18.4. The van der Waals surface area contributed by atoms with E-state index in [0.29, 0.717) is 11.4 Å². The molecule has 0 spiro atoms. The molecule has 0 fully saturated rings. The first kappa shape index (κ1) is 18.5. The second kappa shape index (κ2) is 7.83. The van der Waals surface area contributed by atoms with Crippen molar-refractivity contribution < 1.29 is 14.3 Å². The first-order valence-electron chi connectivity index (χ1n) is 8.10. The molecule has 134 valence electrons. The van der Waals surface area contributed by atoms with Crippen molar-refractivity contribution in [1.29, 1.82) is 0 Å². The van der Waals surface area contributed by atoms with Crippen molar-refractivity contribution >= 4 is 11.8 Å².